The first kappa shape index (κ1) is 12.2. The molecule has 2 rings (SSSR count). The zero-order chi connectivity index (χ0) is 12.3. The molecule has 4 nitrogen and oxygen atoms in total. The average Bonchev–Trinajstić information content (AvgIpc) is 2.73. The van der Waals surface area contributed by atoms with Crippen molar-refractivity contribution in [3.8, 4) is 0 Å². The molecule has 1 aromatic carbocycles. The Morgan fingerprint density at radius 3 is 2.76 bits per heavy atom. The average molecular weight is 299 g/mol. The third-order valence-corrected chi connectivity index (χ3v) is 3.29. The normalized spacial score (nSPS) is 12.6. The number of benzene rings is 1. The summed E-state index contributed by atoms with van der Waals surface area (Å²) in [5.74, 6) is 0.446. The molecule has 0 radical (unpaired) electrons. The van der Waals surface area contributed by atoms with Crippen molar-refractivity contribution in [2.24, 2.45) is 7.05 Å². The lowest BCUT2D eigenvalue weighted by Crippen LogP contribution is -2.08. The van der Waals surface area contributed by atoms with Gasteiger partial charge in [-0.05, 0) is 16.8 Å². The minimum absolute atomic E-state index is 0.0143. The molecule has 2 aromatic rings. The molecular weight excluding hydrogens is 287 g/mol. The number of rotatable bonds is 4. The summed E-state index contributed by atoms with van der Waals surface area (Å²) in [7, 11) is 1.71. The molecule has 1 heterocycles. The van der Waals surface area contributed by atoms with Crippen LogP contribution in [0.3, 0.4) is 0 Å². The summed E-state index contributed by atoms with van der Waals surface area (Å²) in [6.07, 6.45) is 0.569. The van der Waals surface area contributed by atoms with E-state index in [4.69, 9.17) is 0 Å². The highest BCUT2D eigenvalue weighted by Gasteiger charge is 2.17. The van der Waals surface area contributed by atoms with E-state index in [2.05, 4.69) is 31.3 Å². The Morgan fingerprint density at radius 1 is 1.41 bits per heavy atom. The molecule has 1 unspecified atom stereocenters. The number of aromatic nitrogens is 4. The van der Waals surface area contributed by atoms with Crippen molar-refractivity contribution in [1.29, 1.82) is 0 Å². The zero-order valence-electron chi connectivity index (χ0n) is 9.35. The summed E-state index contributed by atoms with van der Waals surface area (Å²) in [5.41, 5.74) is 0.678. The van der Waals surface area contributed by atoms with Crippen LogP contribution in [0.15, 0.2) is 24.3 Å². The molecule has 1 aromatic heterocycles. The molecule has 17 heavy (non-hydrogen) atoms. The summed E-state index contributed by atoms with van der Waals surface area (Å²) in [4.78, 5) is 1.40. The number of nitrogens with zero attached hydrogens (tertiary/aromatic N) is 4. The molecule has 0 bridgehead atoms. The van der Waals surface area contributed by atoms with E-state index in [1.54, 1.807) is 19.2 Å². The molecule has 0 aliphatic carbocycles. The number of hydrogen-bond donors (Lipinski definition) is 0. The lowest BCUT2D eigenvalue weighted by Gasteiger charge is -2.12. The van der Waals surface area contributed by atoms with E-state index in [9.17, 15) is 4.39 Å². The van der Waals surface area contributed by atoms with E-state index < -0.39 is 0 Å². The fraction of sp³-hybridized carbons (Fsp3) is 0.364. The fourth-order valence-corrected chi connectivity index (χ4v) is 2.26. The second-order valence-electron chi connectivity index (χ2n) is 3.77. The molecule has 0 amide bonds. The Balaban J connectivity index is 2.20. The van der Waals surface area contributed by atoms with Crippen molar-refractivity contribution < 1.29 is 4.39 Å². The van der Waals surface area contributed by atoms with Crippen molar-refractivity contribution >= 4 is 15.9 Å². The van der Waals surface area contributed by atoms with Gasteiger partial charge in [0, 0.05) is 17.7 Å². The number of alkyl halides is 1. The highest BCUT2D eigenvalue weighted by Crippen LogP contribution is 2.23. The van der Waals surface area contributed by atoms with Gasteiger partial charge in [0.1, 0.15) is 5.82 Å². The first-order valence-corrected chi connectivity index (χ1v) is 6.36. The van der Waals surface area contributed by atoms with Crippen LogP contribution >= 0.6 is 15.9 Å². The van der Waals surface area contributed by atoms with Gasteiger partial charge in [-0.3, -0.25) is 0 Å². The number of aryl methyl sites for hydroxylation is 1. The molecule has 90 valence electrons. The van der Waals surface area contributed by atoms with Gasteiger partial charge in [-0.25, -0.2) is 4.39 Å². The van der Waals surface area contributed by atoms with Crippen molar-refractivity contribution in [3.05, 3.63) is 41.5 Å². The SMILES string of the molecule is Cn1nnc(CC(CBr)c2ccccc2F)n1. The van der Waals surface area contributed by atoms with Crippen LogP contribution in [0.2, 0.25) is 0 Å². The van der Waals surface area contributed by atoms with E-state index in [0.29, 0.717) is 23.1 Å². The molecule has 0 spiro atoms. The first-order chi connectivity index (χ1) is 8.20. The lowest BCUT2D eigenvalue weighted by molar-refractivity contribution is 0.584. The van der Waals surface area contributed by atoms with Gasteiger partial charge in [0.05, 0.1) is 7.05 Å². The van der Waals surface area contributed by atoms with Gasteiger partial charge in [0.2, 0.25) is 0 Å². The van der Waals surface area contributed by atoms with Crippen molar-refractivity contribution in [1.82, 2.24) is 20.2 Å². The Hall–Kier alpha value is -1.30. The van der Waals surface area contributed by atoms with Crippen molar-refractivity contribution in [2.45, 2.75) is 12.3 Å². The van der Waals surface area contributed by atoms with Gasteiger partial charge < -0.3 is 0 Å². The molecule has 0 N–H and O–H groups in total. The van der Waals surface area contributed by atoms with Crippen LogP contribution in [-0.2, 0) is 13.5 Å². The van der Waals surface area contributed by atoms with Crippen LogP contribution in [-0.4, -0.2) is 25.5 Å². The molecule has 0 saturated heterocycles. The fourth-order valence-electron chi connectivity index (χ4n) is 1.68. The molecule has 1 atom stereocenters. The molecule has 0 aliphatic heterocycles. The third kappa shape index (κ3) is 2.88. The van der Waals surface area contributed by atoms with Gasteiger partial charge in [0.25, 0.3) is 0 Å². The van der Waals surface area contributed by atoms with Gasteiger partial charge >= 0.3 is 0 Å². The number of tetrazole rings is 1. The summed E-state index contributed by atoms with van der Waals surface area (Å²) in [6, 6.07) is 6.77. The van der Waals surface area contributed by atoms with Crippen LogP contribution in [0, 0.1) is 5.82 Å². The van der Waals surface area contributed by atoms with E-state index in [-0.39, 0.29) is 11.7 Å². The van der Waals surface area contributed by atoms with E-state index in [1.807, 2.05) is 6.07 Å². The Kier molecular flexibility index (Phi) is 3.83. The Morgan fingerprint density at radius 2 is 2.18 bits per heavy atom. The van der Waals surface area contributed by atoms with Crippen LogP contribution < -0.4 is 0 Å². The summed E-state index contributed by atoms with van der Waals surface area (Å²) in [6.45, 7) is 0. The maximum Gasteiger partial charge on any atom is 0.175 e. The summed E-state index contributed by atoms with van der Waals surface area (Å²) >= 11 is 3.40. The molecule has 0 fully saturated rings. The highest BCUT2D eigenvalue weighted by atomic mass is 79.9. The Bertz CT molecular complexity index is 500. The van der Waals surface area contributed by atoms with Gasteiger partial charge in [-0.2, -0.15) is 4.80 Å². The van der Waals surface area contributed by atoms with Crippen molar-refractivity contribution in [3.63, 3.8) is 0 Å². The maximum atomic E-state index is 13.7. The molecule has 6 heteroatoms. The summed E-state index contributed by atoms with van der Waals surface area (Å²) in [5, 5.41) is 12.4. The standard InChI is InChI=1S/C11H12BrFN4/c1-17-15-11(14-16-17)6-8(7-12)9-4-2-3-5-10(9)13/h2-5,8H,6-7H2,1H3. The summed E-state index contributed by atoms with van der Waals surface area (Å²) < 4.78 is 13.7. The quantitative estimate of drug-likeness (QED) is 0.812. The first-order valence-electron chi connectivity index (χ1n) is 5.24. The molecule has 0 saturated carbocycles. The smallest absolute Gasteiger partial charge is 0.175 e. The van der Waals surface area contributed by atoms with Crippen LogP contribution in [0.5, 0.6) is 0 Å². The van der Waals surface area contributed by atoms with Crippen LogP contribution in [0.1, 0.15) is 17.3 Å². The topological polar surface area (TPSA) is 43.6 Å². The van der Waals surface area contributed by atoms with Crippen LogP contribution in [0.25, 0.3) is 0 Å². The van der Waals surface area contributed by atoms with E-state index in [1.165, 1.54) is 10.9 Å². The highest BCUT2D eigenvalue weighted by molar-refractivity contribution is 9.09. The third-order valence-electron chi connectivity index (χ3n) is 2.51. The van der Waals surface area contributed by atoms with Gasteiger partial charge in [-0.15, -0.1) is 10.2 Å². The minimum atomic E-state index is -0.194. The monoisotopic (exact) mass is 298 g/mol. The molecular formula is C11H12BrFN4. The van der Waals surface area contributed by atoms with E-state index in [0.717, 1.165) is 0 Å². The Labute approximate surface area is 107 Å². The number of halogens is 2. The lowest BCUT2D eigenvalue weighted by atomic mass is 9.97. The van der Waals surface area contributed by atoms with Gasteiger partial charge in [-0.1, -0.05) is 34.1 Å². The van der Waals surface area contributed by atoms with E-state index >= 15 is 0 Å². The predicted octanol–water partition coefficient (Wildman–Crippen LogP) is 2.07. The van der Waals surface area contributed by atoms with Crippen molar-refractivity contribution in [2.75, 3.05) is 5.33 Å². The van der Waals surface area contributed by atoms with Gasteiger partial charge in [0.15, 0.2) is 5.82 Å². The maximum absolute atomic E-state index is 13.7. The molecule has 0 aliphatic rings. The largest absolute Gasteiger partial charge is 0.207 e. The number of hydrogen-bond acceptors (Lipinski definition) is 3. The van der Waals surface area contributed by atoms with Crippen LogP contribution in [0.4, 0.5) is 4.39 Å². The minimum Gasteiger partial charge on any atom is -0.207 e. The second kappa shape index (κ2) is 5.35. The zero-order valence-corrected chi connectivity index (χ0v) is 10.9. The predicted molar refractivity (Wildman–Crippen MR) is 65.4 cm³/mol. The second-order valence-corrected chi connectivity index (χ2v) is 4.42.